The minimum atomic E-state index is 0.285. The van der Waals surface area contributed by atoms with Crippen LogP contribution in [0.5, 0.6) is 0 Å². The van der Waals surface area contributed by atoms with E-state index in [0.717, 1.165) is 36.1 Å². The van der Waals surface area contributed by atoms with Crippen molar-refractivity contribution in [1.29, 1.82) is 5.26 Å². The van der Waals surface area contributed by atoms with Gasteiger partial charge in [-0.1, -0.05) is 36.4 Å². The van der Waals surface area contributed by atoms with Crippen LogP contribution in [0.3, 0.4) is 0 Å². The number of ether oxygens (including phenoxy) is 1. The molecule has 1 saturated heterocycles. The monoisotopic (exact) mass is 305 g/mol. The Balaban J connectivity index is 1.70. The quantitative estimate of drug-likeness (QED) is 0.799. The molecule has 0 amide bonds. The summed E-state index contributed by atoms with van der Waals surface area (Å²) >= 11 is 0. The van der Waals surface area contributed by atoms with Gasteiger partial charge in [0.2, 0.25) is 17.5 Å². The van der Waals surface area contributed by atoms with Gasteiger partial charge in [0.25, 0.3) is 0 Å². The van der Waals surface area contributed by atoms with Crippen molar-refractivity contribution in [1.82, 2.24) is 4.98 Å². The fourth-order valence-electron chi connectivity index (χ4n) is 2.68. The van der Waals surface area contributed by atoms with E-state index in [0.29, 0.717) is 17.7 Å². The van der Waals surface area contributed by atoms with Crippen LogP contribution in [0.25, 0.3) is 22.2 Å². The van der Waals surface area contributed by atoms with Crippen molar-refractivity contribution >= 4 is 16.7 Å². The van der Waals surface area contributed by atoms with Crippen molar-refractivity contribution in [3.8, 4) is 17.5 Å². The first kappa shape index (κ1) is 13.8. The second kappa shape index (κ2) is 5.75. The average molecular weight is 305 g/mol. The Hall–Kier alpha value is -2.84. The van der Waals surface area contributed by atoms with Crippen molar-refractivity contribution < 1.29 is 9.15 Å². The SMILES string of the molecule is N#Cc1nc(-c2cccc3ccccc23)oc1NCC1COC1. The Bertz CT molecular complexity index is 885. The fourth-order valence-corrected chi connectivity index (χ4v) is 2.68. The summed E-state index contributed by atoms with van der Waals surface area (Å²) in [6, 6.07) is 16.1. The Labute approximate surface area is 133 Å². The van der Waals surface area contributed by atoms with Crippen LogP contribution in [-0.4, -0.2) is 24.7 Å². The number of hydrogen-bond acceptors (Lipinski definition) is 5. The predicted octanol–water partition coefficient (Wildman–Crippen LogP) is 3.42. The highest BCUT2D eigenvalue weighted by Crippen LogP contribution is 2.31. The van der Waals surface area contributed by atoms with Crippen molar-refractivity contribution in [2.24, 2.45) is 5.92 Å². The normalized spacial score (nSPS) is 14.4. The number of hydrogen-bond donors (Lipinski definition) is 1. The molecule has 3 aromatic rings. The van der Waals surface area contributed by atoms with Gasteiger partial charge in [-0.3, -0.25) is 0 Å². The van der Waals surface area contributed by atoms with Crippen LogP contribution >= 0.6 is 0 Å². The molecule has 0 saturated carbocycles. The molecule has 0 radical (unpaired) electrons. The molecule has 1 aromatic heterocycles. The van der Waals surface area contributed by atoms with Crippen LogP contribution in [0.15, 0.2) is 46.9 Å². The number of nitriles is 1. The first-order chi connectivity index (χ1) is 11.3. The van der Waals surface area contributed by atoms with Crippen molar-refractivity contribution in [2.75, 3.05) is 25.1 Å². The van der Waals surface area contributed by atoms with Crippen LogP contribution in [0.2, 0.25) is 0 Å². The second-order valence-electron chi connectivity index (χ2n) is 5.62. The predicted molar refractivity (Wildman–Crippen MR) is 87.0 cm³/mol. The molecule has 0 atom stereocenters. The molecular weight excluding hydrogens is 290 g/mol. The van der Waals surface area contributed by atoms with E-state index in [2.05, 4.69) is 16.4 Å². The maximum atomic E-state index is 9.29. The third-order valence-electron chi connectivity index (χ3n) is 4.01. The van der Waals surface area contributed by atoms with E-state index in [1.54, 1.807) is 0 Å². The Morgan fingerprint density at radius 3 is 2.78 bits per heavy atom. The van der Waals surface area contributed by atoms with Gasteiger partial charge >= 0.3 is 0 Å². The van der Waals surface area contributed by atoms with Gasteiger partial charge in [0.15, 0.2) is 0 Å². The van der Waals surface area contributed by atoms with E-state index in [-0.39, 0.29) is 5.69 Å². The summed E-state index contributed by atoms with van der Waals surface area (Å²) in [6.45, 7) is 2.22. The minimum absolute atomic E-state index is 0.285. The summed E-state index contributed by atoms with van der Waals surface area (Å²) in [7, 11) is 0. The van der Waals surface area contributed by atoms with E-state index < -0.39 is 0 Å². The second-order valence-corrected chi connectivity index (χ2v) is 5.62. The highest BCUT2D eigenvalue weighted by molar-refractivity contribution is 5.94. The molecule has 0 unspecified atom stereocenters. The molecule has 114 valence electrons. The van der Waals surface area contributed by atoms with Crippen molar-refractivity contribution in [3.63, 3.8) is 0 Å². The number of nitrogens with zero attached hydrogens (tertiary/aromatic N) is 2. The largest absolute Gasteiger partial charge is 0.419 e. The fraction of sp³-hybridized carbons (Fsp3) is 0.222. The lowest BCUT2D eigenvalue weighted by Gasteiger charge is -2.25. The number of anilines is 1. The Kier molecular flexibility index (Phi) is 3.45. The maximum Gasteiger partial charge on any atom is 0.232 e. The van der Waals surface area contributed by atoms with Gasteiger partial charge < -0.3 is 14.5 Å². The first-order valence-corrected chi connectivity index (χ1v) is 7.56. The van der Waals surface area contributed by atoms with E-state index in [1.165, 1.54) is 0 Å². The number of nitrogens with one attached hydrogen (secondary N) is 1. The third kappa shape index (κ3) is 2.54. The van der Waals surface area contributed by atoms with Gasteiger partial charge in [-0.25, -0.2) is 0 Å². The van der Waals surface area contributed by atoms with Gasteiger partial charge in [-0.15, -0.1) is 0 Å². The maximum absolute atomic E-state index is 9.29. The summed E-state index contributed by atoms with van der Waals surface area (Å²) in [5.74, 6) is 1.36. The summed E-state index contributed by atoms with van der Waals surface area (Å²) in [4.78, 5) is 4.35. The van der Waals surface area contributed by atoms with Gasteiger partial charge in [0.05, 0.1) is 13.2 Å². The van der Waals surface area contributed by atoms with Crippen LogP contribution in [0.4, 0.5) is 5.88 Å². The van der Waals surface area contributed by atoms with E-state index in [1.807, 2.05) is 42.5 Å². The lowest BCUT2D eigenvalue weighted by molar-refractivity contribution is -0.0250. The Morgan fingerprint density at radius 2 is 2.00 bits per heavy atom. The highest BCUT2D eigenvalue weighted by atomic mass is 16.5. The summed E-state index contributed by atoms with van der Waals surface area (Å²) < 4.78 is 11.0. The molecule has 23 heavy (non-hydrogen) atoms. The molecule has 1 aliphatic heterocycles. The molecule has 1 aliphatic rings. The van der Waals surface area contributed by atoms with Crippen LogP contribution in [0.1, 0.15) is 5.69 Å². The molecule has 0 bridgehead atoms. The molecule has 1 N–H and O–H groups in total. The lowest BCUT2D eigenvalue weighted by atomic mass is 10.0. The number of benzene rings is 2. The average Bonchev–Trinajstić information content (AvgIpc) is 2.96. The zero-order valence-corrected chi connectivity index (χ0v) is 12.5. The van der Waals surface area contributed by atoms with E-state index in [9.17, 15) is 5.26 Å². The number of fused-ring (bicyclic) bond motifs is 1. The van der Waals surface area contributed by atoms with Crippen molar-refractivity contribution in [2.45, 2.75) is 0 Å². The number of oxazole rings is 1. The summed E-state index contributed by atoms with van der Waals surface area (Å²) in [6.07, 6.45) is 0. The zero-order valence-electron chi connectivity index (χ0n) is 12.5. The van der Waals surface area contributed by atoms with Gasteiger partial charge in [0.1, 0.15) is 6.07 Å². The molecule has 4 rings (SSSR count). The number of aromatic nitrogens is 1. The smallest absolute Gasteiger partial charge is 0.232 e. The zero-order chi connectivity index (χ0) is 15.6. The highest BCUT2D eigenvalue weighted by Gasteiger charge is 2.21. The van der Waals surface area contributed by atoms with Crippen LogP contribution in [-0.2, 0) is 4.74 Å². The summed E-state index contributed by atoms with van der Waals surface area (Å²) in [5, 5.41) is 14.6. The lowest BCUT2D eigenvalue weighted by Crippen LogP contribution is -2.33. The third-order valence-corrected chi connectivity index (χ3v) is 4.01. The standard InChI is InChI=1S/C18H15N3O2/c19-8-16-18(20-9-12-10-22-11-12)23-17(21-16)15-7-3-5-13-4-1-2-6-14(13)15/h1-7,12,20H,9-11H2. The van der Waals surface area contributed by atoms with E-state index in [4.69, 9.17) is 9.15 Å². The topological polar surface area (TPSA) is 71.1 Å². The molecule has 1 fully saturated rings. The Morgan fingerprint density at radius 1 is 1.17 bits per heavy atom. The van der Waals surface area contributed by atoms with Gasteiger partial charge in [0, 0.05) is 18.0 Å². The molecule has 0 aliphatic carbocycles. The first-order valence-electron chi connectivity index (χ1n) is 7.56. The molecular formula is C18H15N3O2. The van der Waals surface area contributed by atoms with Crippen molar-refractivity contribution in [3.05, 3.63) is 48.2 Å². The van der Waals surface area contributed by atoms with Crippen LogP contribution < -0.4 is 5.32 Å². The number of rotatable bonds is 4. The van der Waals surface area contributed by atoms with Crippen LogP contribution in [0, 0.1) is 17.2 Å². The molecule has 5 nitrogen and oxygen atoms in total. The molecule has 0 spiro atoms. The van der Waals surface area contributed by atoms with E-state index >= 15 is 0 Å². The molecule has 2 aromatic carbocycles. The molecule has 5 heteroatoms. The van der Waals surface area contributed by atoms with Gasteiger partial charge in [-0.2, -0.15) is 10.2 Å². The van der Waals surface area contributed by atoms with Gasteiger partial charge in [-0.05, 0) is 16.8 Å². The summed E-state index contributed by atoms with van der Waals surface area (Å²) in [5.41, 5.74) is 1.17. The minimum Gasteiger partial charge on any atom is -0.419 e. The molecule has 2 heterocycles.